The fourth-order valence-corrected chi connectivity index (χ4v) is 4.18. The minimum Gasteiger partial charge on any atom is -0.233 e. The molecule has 0 radical (unpaired) electrons. The molecule has 0 saturated heterocycles. The summed E-state index contributed by atoms with van der Waals surface area (Å²) in [4.78, 5) is 0. The van der Waals surface area contributed by atoms with Crippen molar-refractivity contribution in [2.45, 2.75) is 46.5 Å². The fraction of sp³-hybridized carbons (Fsp3) is 0.450. The molecule has 0 amide bonds. The molecule has 0 N–H and O–H groups in total. The van der Waals surface area contributed by atoms with E-state index >= 15 is 0 Å². The Balaban J connectivity index is 1.81. The van der Waals surface area contributed by atoms with Gasteiger partial charge in [-0.3, -0.25) is 0 Å². The first-order valence-corrected chi connectivity index (χ1v) is 8.43. The van der Waals surface area contributed by atoms with Gasteiger partial charge in [-0.1, -0.05) is 37.1 Å². The van der Waals surface area contributed by atoms with Gasteiger partial charge in [0.25, 0.3) is 0 Å². The highest BCUT2D eigenvalue weighted by Crippen LogP contribution is 2.50. The van der Waals surface area contributed by atoms with Crippen molar-refractivity contribution in [3.05, 3.63) is 52.9 Å². The molecular formula is C20H24N2. The molecule has 1 fully saturated rings. The van der Waals surface area contributed by atoms with Gasteiger partial charge in [0.05, 0.1) is 17.6 Å². The van der Waals surface area contributed by atoms with E-state index in [1.807, 2.05) is 0 Å². The topological polar surface area (TPSA) is 17.8 Å². The molecule has 2 heteroatoms. The van der Waals surface area contributed by atoms with Crippen molar-refractivity contribution < 1.29 is 0 Å². The summed E-state index contributed by atoms with van der Waals surface area (Å²) in [7, 11) is 0. The number of allylic oxidation sites excluding steroid dienone is 1. The quantitative estimate of drug-likeness (QED) is 0.727. The number of rotatable bonds is 1. The predicted molar refractivity (Wildman–Crippen MR) is 91.1 cm³/mol. The Bertz CT molecular complexity index is 736. The highest BCUT2D eigenvalue weighted by molar-refractivity contribution is 5.61. The van der Waals surface area contributed by atoms with Crippen LogP contribution in [0.25, 0.3) is 11.8 Å². The van der Waals surface area contributed by atoms with Crippen LogP contribution in [0.5, 0.6) is 0 Å². The van der Waals surface area contributed by atoms with E-state index in [9.17, 15) is 0 Å². The second-order valence-corrected chi connectivity index (χ2v) is 7.36. The van der Waals surface area contributed by atoms with E-state index in [0.29, 0.717) is 5.41 Å². The van der Waals surface area contributed by atoms with Gasteiger partial charge in [0, 0.05) is 0 Å². The van der Waals surface area contributed by atoms with Gasteiger partial charge in [-0.15, -0.1) is 0 Å². The molecule has 2 nitrogen and oxygen atoms in total. The smallest absolute Gasteiger partial charge is 0.0700 e. The van der Waals surface area contributed by atoms with Crippen LogP contribution in [-0.4, -0.2) is 9.78 Å². The third-order valence-electron chi connectivity index (χ3n) is 5.94. The zero-order chi connectivity index (χ0) is 15.3. The van der Waals surface area contributed by atoms with Crippen molar-refractivity contribution in [2.75, 3.05) is 0 Å². The maximum absolute atomic E-state index is 4.68. The van der Waals surface area contributed by atoms with Gasteiger partial charge in [0.2, 0.25) is 0 Å². The second kappa shape index (κ2) is 4.84. The van der Waals surface area contributed by atoms with Gasteiger partial charge in [0.1, 0.15) is 0 Å². The van der Waals surface area contributed by atoms with Crippen molar-refractivity contribution in [3.63, 3.8) is 0 Å². The summed E-state index contributed by atoms with van der Waals surface area (Å²) in [6, 6.07) is 8.65. The molecule has 2 aromatic rings. The summed E-state index contributed by atoms with van der Waals surface area (Å²) < 4.78 is 2.11. The van der Waals surface area contributed by atoms with Gasteiger partial charge in [-0.25, -0.2) is 4.68 Å². The monoisotopic (exact) mass is 292 g/mol. The third kappa shape index (κ3) is 1.97. The van der Waals surface area contributed by atoms with Crippen LogP contribution in [0.3, 0.4) is 0 Å². The molecule has 2 atom stereocenters. The molecule has 0 aliphatic heterocycles. The molecule has 22 heavy (non-hydrogen) atoms. The Morgan fingerprint density at radius 3 is 2.77 bits per heavy atom. The van der Waals surface area contributed by atoms with E-state index in [-0.39, 0.29) is 0 Å². The number of fused-ring (bicyclic) bond motifs is 2. The Morgan fingerprint density at radius 2 is 2.00 bits per heavy atom. The minimum absolute atomic E-state index is 0.340. The molecule has 1 aromatic heterocycles. The number of hydrogen-bond acceptors (Lipinski definition) is 1. The first-order chi connectivity index (χ1) is 10.6. The lowest BCUT2D eigenvalue weighted by atomic mass is 9.60. The first kappa shape index (κ1) is 13.8. The van der Waals surface area contributed by atoms with Crippen LogP contribution in [-0.2, 0) is 6.42 Å². The van der Waals surface area contributed by atoms with E-state index < -0.39 is 0 Å². The second-order valence-electron chi connectivity index (χ2n) is 7.36. The van der Waals surface area contributed by atoms with Crippen molar-refractivity contribution in [2.24, 2.45) is 11.3 Å². The Labute approximate surface area is 132 Å². The zero-order valence-electron chi connectivity index (χ0n) is 13.8. The predicted octanol–water partition coefficient (Wildman–Crippen LogP) is 4.95. The number of nitrogens with zero attached hydrogens (tertiary/aromatic N) is 2. The molecule has 2 aliphatic carbocycles. The molecule has 2 unspecified atom stereocenters. The van der Waals surface area contributed by atoms with Crippen LogP contribution < -0.4 is 0 Å². The number of hydrogen-bond donors (Lipinski definition) is 0. The van der Waals surface area contributed by atoms with E-state index in [1.54, 1.807) is 5.57 Å². The van der Waals surface area contributed by atoms with Crippen LogP contribution >= 0.6 is 0 Å². The lowest BCUT2D eigenvalue weighted by molar-refractivity contribution is 0.199. The summed E-state index contributed by atoms with van der Waals surface area (Å²) in [5.74, 6) is 0.767. The lowest BCUT2D eigenvalue weighted by Crippen LogP contribution is -2.35. The lowest BCUT2D eigenvalue weighted by Gasteiger charge is -2.44. The molecule has 0 spiro atoms. The maximum Gasteiger partial charge on any atom is 0.0700 e. The van der Waals surface area contributed by atoms with E-state index in [1.165, 1.54) is 36.1 Å². The molecule has 1 aromatic carbocycles. The summed E-state index contributed by atoms with van der Waals surface area (Å²) >= 11 is 0. The molecule has 1 saturated carbocycles. The largest absolute Gasteiger partial charge is 0.233 e. The summed E-state index contributed by atoms with van der Waals surface area (Å²) in [6.07, 6.45) is 9.59. The highest BCUT2D eigenvalue weighted by atomic mass is 15.3. The van der Waals surface area contributed by atoms with Gasteiger partial charge in [-0.2, -0.15) is 5.10 Å². The highest BCUT2D eigenvalue weighted by Gasteiger charge is 2.41. The van der Waals surface area contributed by atoms with Crippen LogP contribution in [0.1, 0.15) is 49.9 Å². The van der Waals surface area contributed by atoms with Crippen molar-refractivity contribution in [3.8, 4) is 5.69 Å². The number of aromatic nitrogens is 2. The molecule has 2 aliphatic rings. The van der Waals surface area contributed by atoms with Crippen molar-refractivity contribution >= 4 is 6.08 Å². The van der Waals surface area contributed by atoms with E-state index in [4.69, 9.17) is 0 Å². The zero-order valence-corrected chi connectivity index (χ0v) is 13.8. The first-order valence-electron chi connectivity index (χ1n) is 8.43. The van der Waals surface area contributed by atoms with Crippen LogP contribution in [0, 0.1) is 18.3 Å². The molecular weight excluding hydrogens is 268 g/mol. The fourth-order valence-electron chi connectivity index (χ4n) is 4.18. The van der Waals surface area contributed by atoms with Gasteiger partial charge in [0.15, 0.2) is 0 Å². The molecule has 4 rings (SSSR count). The SMILES string of the molecule is Cc1ccc(-n2ncc3c2C=C2CCCC(C)C2(C)C3)cc1. The average molecular weight is 292 g/mol. The summed E-state index contributed by atoms with van der Waals surface area (Å²) in [5, 5.41) is 4.68. The van der Waals surface area contributed by atoms with Crippen LogP contribution in [0.2, 0.25) is 0 Å². The molecule has 1 heterocycles. The van der Waals surface area contributed by atoms with E-state index in [2.05, 4.69) is 67.1 Å². The van der Waals surface area contributed by atoms with Gasteiger partial charge < -0.3 is 0 Å². The summed E-state index contributed by atoms with van der Waals surface area (Å²) in [5.41, 5.74) is 7.12. The standard InChI is InChI=1S/C20H24N2/c1-14-7-9-18(10-8-14)22-19-11-17-6-4-5-15(2)20(17,3)12-16(19)13-21-22/h7-11,13,15H,4-6,12H2,1-3H3. The molecule has 0 bridgehead atoms. The normalized spacial score (nSPS) is 27.0. The Kier molecular flexibility index (Phi) is 3.04. The Morgan fingerprint density at radius 1 is 1.23 bits per heavy atom. The van der Waals surface area contributed by atoms with Crippen molar-refractivity contribution in [1.82, 2.24) is 9.78 Å². The van der Waals surface area contributed by atoms with Gasteiger partial charge >= 0.3 is 0 Å². The third-order valence-corrected chi connectivity index (χ3v) is 5.94. The summed E-state index contributed by atoms with van der Waals surface area (Å²) in [6.45, 7) is 7.00. The molecule has 114 valence electrons. The average Bonchev–Trinajstić information content (AvgIpc) is 2.89. The minimum atomic E-state index is 0.340. The van der Waals surface area contributed by atoms with Crippen molar-refractivity contribution in [1.29, 1.82) is 0 Å². The Hall–Kier alpha value is -1.83. The number of aryl methyl sites for hydroxylation is 1. The maximum atomic E-state index is 4.68. The van der Waals surface area contributed by atoms with Crippen LogP contribution in [0.15, 0.2) is 36.0 Å². The van der Waals surface area contributed by atoms with Gasteiger partial charge in [-0.05, 0) is 67.7 Å². The van der Waals surface area contributed by atoms with Crippen LogP contribution in [0.4, 0.5) is 0 Å². The number of benzene rings is 1. The van der Waals surface area contributed by atoms with E-state index in [0.717, 1.165) is 18.0 Å².